The summed E-state index contributed by atoms with van der Waals surface area (Å²) >= 11 is 3.10. The number of rotatable bonds is 4. The Kier molecular flexibility index (Phi) is 3.47. The molecule has 10 heteroatoms. The van der Waals surface area contributed by atoms with Crippen LogP contribution in [0.2, 0.25) is 0 Å². The predicted octanol–water partition coefficient (Wildman–Crippen LogP) is 2.41. The molecule has 0 amide bonds. The number of thiazole rings is 2. The van der Waals surface area contributed by atoms with E-state index in [-0.39, 0.29) is 6.99 Å². The Hall–Kier alpha value is -2.85. The molecule has 5 rings (SSSR count). The molecular weight excluding hydrogens is 370 g/mol. The molecule has 0 fully saturated rings. The smallest absolute Gasteiger partial charge is 0.291 e. The van der Waals surface area contributed by atoms with Crippen molar-refractivity contribution >= 4 is 43.9 Å². The number of hydrogen-bond donors (Lipinski definition) is 1. The minimum Gasteiger partial charge on any atom is -0.323 e. The van der Waals surface area contributed by atoms with Crippen molar-refractivity contribution in [1.29, 1.82) is 0 Å². The van der Waals surface area contributed by atoms with Crippen LogP contribution >= 0.6 is 22.7 Å². The number of nitrogens with zero attached hydrogens (tertiary/aromatic N) is 6. The number of aryl methyl sites for hydroxylation is 1. The monoisotopic (exact) mass is 385 g/mol. The van der Waals surface area contributed by atoms with Crippen molar-refractivity contribution < 1.29 is 1.43 Å². The molecule has 0 unspecified atom stereocenters. The van der Waals surface area contributed by atoms with Gasteiger partial charge in [-0.2, -0.15) is 10.2 Å². The van der Waals surface area contributed by atoms with E-state index in [0.29, 0.717) is 18.5 Å². The number of fused-ring (bicyclic) bond motifs is 3. The van der Waals surface area contributed by atoms with E-state index in [4.69, 9.17) is 4.98 Å². The highest BCUT2D eigenvalue weighted by atomic mass is 32.1. The number of aromatic amines is 1. The van der Waals surface area contributed by atoms with Crippen molar-refractivity contribution in [2.45, 2.75) is 13.0 Å². The lowest BCUT2D eigenvalue weighted by Gasteiger charge is -2.03. The van der Waals surface area contributed by atoms with Crippen molar-refractivity contribution in [2.75, 3.05) is 0 Å². The van der Waals surface area contributed by atoms with Gasteiger partial charge in [0.1, 0.15) is 15.5 Å². The van der Waals surface area contributed by atoms with Crippen molar-refractivity contribution in [3.05, 3.63) is 56.1 Å². The van der Waals surface area contributed by atoms with Gasteiger partial charge in [0.2, 0.25) is 0 Å². The zero-order valence-corrected chi connectivity index (χ0v) is 15.3. The van der Waals surface area contributed by atoms with E-state index >= 15 is 0 Å². The van der Waals surface area contributed by atoms with Crippen LogP contribution in [0.4, 0.5) is 0 Å². The van der Waals surface area contributed by atoms with E-state index in [1.54, 1.807) is 29.9 Å². The van der Waals surface area contributed by atoms with E-state index < -0.39 is 0 Å². The summed E-state index contributed by atoms with van der Waals surface area (Å²) in [5.74, 6) is 0. The van der Waals surface area contributed by atoms with Crippen LogP contribution in [0.15, 0.2) is 34.8 Å². The summed E-state index contributed by atoms with van der Waals surface area (Å²) < 4.78 is 4.30. The molecule has 0 spiro atoms. The summed E-state index contributed by atoms with van der Waals surface area (Å²) in [6.45, 7) is 0.379. The highest BCUT2D eigenvalue weighted by molar-refractivity contribution is 7.19. The summed E-state index contributed by atoms with van der Waals surface area (Å²) in [5, 5.41) is 15.8. The maximum Gasteiger partial charge on any atom is 0.291 e. The van der Waals surface area contributed by atoms with Crippen LogP contribution in [0.1, 0.15) is 17.1 Å². The fraction of sp³-hybridized carbons (Fsp3) is 0.188. The second-order valence-corrected chi connectivity index (χ2v) is 7.94. The molecule has 5 aromatic rings. The Morgan fingerprint density at radius 2 is 2.23 bits per heavy atom. The van der Waals surface area contributed by atoms with Crippen molar-refractivity contribution in [3.63, 3.8) is 0 Å². The molecule has 5 heterocycles. The molecular formula is C16H15N7OS2. The second-order valence-electron chi connectivity index (χ2n) is 5.87. The zero-order chi connectivity index (χ0) is 17.7. The Labute approximate surface area is 156 Å². The maximum absolute atomic E-state index is 12.9. The van der Waals surface area contributed by atoms with Gasteiger partial charge in [0, 0.05) is 43.7 Å². The molecule has 0 saturated carbocycles. The topological polar surface area (TPSA) is 94.3 Å². The van der Waals surface area contributed by atoms with Gasteiger partial charge in [-0.15, -0.1) is 22.7 Å². The Balaban J connectivity index is 0.00000180. The lowest BCUT2D eigenvalue weighted by molar-refractivity contribution is 0.641. The van der Waals surface area contributed by atoms with Gasteiger partial charge < -0.3 is 4.57 Å². The molecule has 0 aliphatic rings. The van der Waals surface area contributed by atoms with Crippen LogP contribution in [0.3, 0.4) is 0 Å². The van der Waals surface area contributed by atoms with Gasteiger partial charge >= 0.3 is 0 Å². The molecule has 0 bridgehead atoms. The van der Waals surface area contributed by atoms with Gasteiger partial charge in [-0.3, -0.25) is 9.89 Å². The molecule has 0 saturated heterocycles. The van der Waals surface area contributed by atoms with Gasteiger partial charge in [-0.05, 0) is 6.07 Å². The summed E-state index contributed by atoms with van der Waals surface area (Å²) in [4.78, 5) is 21.9. The molecule has 5 aromatic heterocycles. The molecule has 0 radical (unpaired) electrons. The van der Waals surface area contributed by atoms with Gasteiger partial charge in [0.05, 0.1) is 17.4 Å². The van der Waals surface area contributed by atoms with Crippen LogP contribution in [0.5, 0.6) is 0 Å². The molecule has 8 nitrogen and oxygen atoms in total. The fourth-order valence-corrected chi connectivity index (χ4v) is 4.75. The summed E-state index contributed by atoms with van der Waals surface area (Å²) in [6.07, 6.45) is 5.90. The minimum atomic E-state index is -0.125. The number of nitrogens with one attached hydrogen (secondary N) is 1. The van der Waals surface area contributed by atoms with Crippen molar-refractivity contribution in [2.24, 2.45) is 7.05 Å². The third-order valence-electron chi connectivity index (χ3n) is 4.24. The highest BCUT2D eigenvalue weighted by Crippen LogP contribution is 2.31. The van der Waals surface area contributed by atoms with Crippen molar-refractivity contribution in [3.8, 4) is 0 Å². The number of H-pyrrole nitrogens is 1. The second kappa shape index (κ2) is 5.85. The van der Waals surface area contributed by atoms with Crippen LogP contribution in [-0.4, -0.2) is 34.5 Å². The van der Waals surface area contributed by atoms with E-state index in [0.717, 1.165) is 31.4 Å². The maximum atomic E-state index is 12.9. The molecule has 132 valence electrons. The summed E-state index contributed by atoms with van der Waals surface area (Å²) in [5.41, 5.74) is 2.32. The SMILES string of the molecule is Cn1c2nc(Cc3ccn[nH]3)sc2c2cnn(Cc3nccs3)c(=O)c21.[HH]. The normalized spacial score (nSPS) is 11.7. The molecule has 0 aromatic carbocycles. The first kappa shape index (κ1) is 15.4. The first-order valence-corrected chi connectivity index (χ1v) is 9.61. The van der Waals surface area contributed by atoms with E-state index in [9.17, 15) is 4.79 Å². The summed E-state index contributed by atoms with van der Waals surface area (Å²) in [7, 11) is 1.87. The first-order chi connectivity index (χ1) is 12.7. The molecule has 1 N–H and O–H groups in total. The average molecular weight is 385 g/mol. The number of hydrogen-bond acceptors (Lipinski definition) is 7. The Morgan fingerprint density at radius 1 is 1.31 bits per heavy atom. The summed E-state index contributed by atoms with van der Waals surface area (Å²) in [6, 6.07) is 1.93. The van der Waals surface area contributed by atoms with E-state index in [2.05, 4.69) is 20.3 Å². The van der Waals surface area contributed by atoms with Crippen molar-refractivity contribution in [1.82, 2.24) is 34.5 Å². The lowest BCUT2D eigenvalue weighted by atomic mass is 10.3. The fourth-order valence-electron chi connectivity index (χ4n) is 3.03. The van der Waals surface area contributed by atoms with Gasteiger partial charge in [-0.1, -0.05) is 0 Å². The lowest BCUT2D eigenvalue weighted by Crippen LogP contribution is -2.24. The number of aromatic nitrogens is 7. The predicted molar refractivity (Wildman–Crippen MR) is 103 cm³/mol. The van der Waals surface area contributed by atoms with Crippen LogP contribution < -0.4 is 5.56 Å². The standard InChI is InChI=1S/C16H13N7OS2.H2/c1-22-13-10(7-19-23(16(13)24)8-12-17-4-5-25-12)14-15(22)20-11(26-14)6-9-2-3-18-21-9;/h2-5,7H,6,8H2,1H3,(H,18,21);1H. The third-order valence-corrected chi connectivity index (χ3v) is 6.08. The molecule has 0 aliphatic carbocycles. The van der Waals surface area contributed by atoms with Gasteiger partial charge in [-0.25, -0.2) is 14.6 Å². The van der Waals surface area contributed by atoms with Gasteiger partial charge in [0.25, 0.3) is 5.56 Å². The molecule has 0 aliphatic heterocycles. The molecule has 26 heavy (non-hydrogen) atoms. The third kappa shape index (κ3) is 2.37. The van der Waals surface area contributed by atoms with Crippen LogP contribution in [-0.2, 0) is 20.0 Å². The Bertz CT molecular complexity index is 1270. The first-order valence-electron chi connectivity index (χ1n) is 7.91. The average Bonchev–Trinajstić information content (AvgIpc) is 3.39. The minimum absolute atomic E-state index is 0. The quantitative estimate of drug-likeness (QED) is 0.513. The largest absolute Gasteiger partial charge is 0.323 e. The van der Waals surface area contributed by atoms with Crippen LogP contribution in [0.25, 0.3) is 21.3 Å². The molecule has 0 atom stereocenters. The van der Waals surface area contributed by atoms with E-state index in [1.165, 1.54) is 16.0 Å². The Morgan fingerprint density at radius 3 is 3.00 bits per heavy atom. The highest BCUT2D eigenvalue weighted by Gasteiger charge is 2.18. The van der Waals surface area contributed by atoms with Crippen LogP contribution in [0, 0.1) is 0 Å². The van der Waals surface area contributed by atoms with Gasteiger partial charge in [0.15, 0.2) is 5.65 Å². The zero-order valence-electron chi connectivity index (χ0n) is 13.7. The van der Waals surface area contributed by atoms with E-state index in [1.807, 2.05) is 23.1 Å².